The van der Waals surface area contributed by atoms with Gasteiger partial charge in [0.2, 0.25) is 0 Å². The standard InChI is InChI=1S/C17H22ClN3S2/c18-15-5-1-2-6-16(15)22-13-4-9-20-8-3-10-21(12-11-20)17-19-7-14-23-17/h1-2,5-7,14H,3-4,8-13H2. The first kappa shape index (κ1) is 17.1. The minimum atomic E-state index is 0.867. The molecule has 0 aliphatic carbocycles. The van der Waals surface area contributed by atoms with Crippen LogP contribution in [-0.4, -0.2) is 48.4 Å². The van der Waals surface area contributed by atoms with E-state index in [-0.39, 0.29) is 0 Å². The minimum Gasteiger partial charge on any atom is -0.347 e. The van der Waals surface area contributed by atoms with Crippen LogP contribution in [0.25, 0.3) is 0 Å². The van der Waals surface area contributed by atoms with E-state index in [9.17, 15) is 0 Å². The molecular weight excluding hydrogens is 346 g/mol. The largest absolute Gasteiger partial charge is 0.347 e. The van der Waals surface area contributed by atoms with E-state index in [1.54, 1.807) is 11.3 Å². The number of halogens is 1. The van der Waals surface area contributed by atoms with Gasteiger partial charge in [0.05, 0.1) is 5.02 Å². The van der Waals surface area contributed by atoms with Gasteiger partial charge in [0, 0.05) is 36.1 Å². The summed E-state index contributed by atoms with van der Waals surface area (Å²) in [4.78, 5) is 10.6. The van der Waals surface area contributed by atoms with Crippen molar-refractivity contribution in [3.63, 3.8) is 0 Å². The van der Waals surface area contributed by atoms with Crippen LogP contribution in [0.5, 0.6) is 0 Å². The van der Waals surface area contributed by atoms with Crippen LogP contribution in [0.1, 0.15) is 12.8 Å². The molecule has 0 spiro atoms. The second kappa shape index (κ2) is 8.92. The summed E-state index contributed by atoms with van der Waals surface area (Å²) >= 11 is 9.80. The lowest BCUT2D eigenvalue weighted by molar-refractivity contribution is 0.295. The highest BCUT2D eigenvalue weighted by atomic mass is 35.5. The number of aromatic nitrogens is 1. The summed E-state index contributed by atoms with van der Waals surface area (Å²) in [5, 5.41) is 4.09. The zero-order valence-electron chi connectivity index (χ0n) is 13.2. The summed E-state index contributed by atoms with van der Waals surface area (Å²) in [6, 6.07) is 8.10. The van der Waals surface area contributed by atoms with Gasteiger partial charge in [0.25, 0.3) is 0 Å². The summed E-state index contributed by atoms with van der Waals surface area (Å²) in [5.74, 6) is 1.12. The molecule has 1 aromatic carbocycles. The Morgan fingerprint density at radius 3 is 2.91 bits per heavy atom. The maximum Gasteiger partial charge on any atom is 0.185 e. The highest BCUT2D eigenvalue weighted by molar-refractivity contribution is 7.99. The van der Waals surface area contributed by atoms with Crippen molar-refractivity contribution < 1.29 is 0 Å². The SMILES string of the molecule is Clc1ccccc1SCCCN1CCCN(c2nccs2)CC1. The molecule has 23 heavy (non-hydrogen) atoms. The van der Waals surface area contributed by atoms with Crippen molar-refractivity contribution in [3.8, 4) is 0 Å². The number of thioether (sulfide) groups is 1. The molecule has 3 nitrogen and oxygen atoms in total. The van der Waals surface area contributed by atoms with Gasteiger partial charge < -0.3 is 9.80 Å². The van der Waals surface area contributed by atoms with Crippen LogP contribution in [-0.2, 0) is 0 Å². The van der Waals surface area contributed by atoms with Crippen LogP contribution in [0.2, 0.25) is 5.02 Å². The van der Waals surface area contributed by atoms with Crippen molar-refractivity contribution in [2.45, 2.75) is 17.7 Å². The third-order valence-corrected chi connectivity index (χ3v) is 6.42. The van der Waals surface area contributed by atoms with Crippen LogP contribution >= 0.6 is 34.7 Å². The molecule has 2 aromatic rings. The van der Waals surface area contributed by atoms with E-state index >= 15 is 0 Å². The van der Waals surface area contributed by atoms with E-state index in [0.29, 0.717) is 0 Å². The summed E-state index contributed by atoms with van der Waals surface area (Å²) in [6.45, 7) is 5.71. The molecule has 0 amide bonds. The molecule has 0 atom stereocenters. The molecule has 0 saturated carbocycles. The predicted octanol–water partition coefficient (Wildman–Crippen LogP) is 4.49. The molecule has 0 N–H and O–H groups in total. The van der Waals surface area contributed by atoms with Crippen molar-refractivity contribution in [1.82, 2.24) is 9.88 Å². The van der Waals surface area contributed by atoms with Crippen LogP contribution in [0.4, 0.5) is 5.13 Å². The molecule has 2 heterocycles. The second-order valence-electron chi connectivity index (χ2n) is 5.63. The van der Waals surface area contributed by atoms with Gasteiger partial charge in [-0.15, -0.1) is 23.1 Å². The Morgan fingerprint density at radius 2 is 2.09 bits per heavy atom. The van der Waals surface area contributed by atoms with Crippen molar-refractivity contribution in [2.24, 2.45) is 0 Å². The third-order valence-electron chi connectivity index (χ3n) is 3.99. The Hall–Kier alpha value is -0.750. The number of rotatable bonds is 6. The zero-order chi connectivity index (χ0) is 15.9. The second-order valence-corrected chi connectivity index (χ2v) is 8.05. The maximum atomic E-state index is 6.20. The molecule has 3 rings (SSSR count). The summed E-state index contributed by atoms with van der Waals surface area (Å²) in [6.07, 6.45) is 4.32. The molecule has 124 valence electrons. The van der Waals surface area contributed by atoms with Gasteiger partial charge in [-0.3, -0.25) is 0 Å². The normalized spacial score (nSPS) is 16.5. The molecule has 0 unspecified atom stereocenters. The summed E-state index contributed by atoms with van der Waals surface area (Å²) in [5.41, 5.74) is 0. The van der Waals surface area contributed by atoms with Gasteiger partial charge in [-0.05, 0) is 43.8 Å². The number of benzene rings is 1. The number of anilines is 1. The maximum absolute atomic E-state index is 6.20. The van der Waals surface area contributed by atoms with E-state index < -0.39 is 0 Å². The molecular formula is C17H22ClN3S2. The van der Waals surface area contributed by atoms with Crippen LogP contribution in [0.3, 0.4) is 0 Å². The number of nitrogens with zero attached hydrogens (tertiary/aromatic N) is 3. The fraction of sp³-hybridized carbons (Fsp3) is 0.471. The highest BCUT2D eigenvalue weighted by Gasteiger charge is 2.16. The summed E-state index contributed by atoms with van der Waals surface area (Å²) < 4.78 is 0. The highest BCUT2D eigenvalue weighted by Crippen LogP contribution is 2.27. The zero-order valence-corrected chi connectivity index (χ0v) is 15.5. The lowest BCUT2D eigenvalue weighted by atomic mass is 10.3. The fourth-order valence-corrected chi connectivity index (χ4v) is 4.66. The Bertz CT molecular complexity index is 591. The Balaban J connectivity index is 1.38. The van der Waals surface area contributed by atoms with Gasteiger partial charge in [-0.25, -0.2) is 4.98 Å². The predicted molar refractivity (Wildman–Crippen MR) is 102 cm³/mol. The average molecular weight is 368 g/mol. The van der Waals surface area contributed by atoms with Gasteiger partial charge in [0.15, 0.2) is 5.13 Å². The first-order valence-corrected chi connectivity index (χ1v) is 10.3. The van der Waals surface area contributed by atoms with E-state index in [1.807, 2.05) is 30.1 Å². The Labute approximate surface area is 151 Å². The molecule has 0 radical (unpaired) electrons. The van der Waals surface area contributed by atoms with Gasteiger partial charge in [-0.2, -0.15) is 0 Å². The van der Waals surface area contributed by atoms with E-state index in [0.717, 1.165) is 30.4 Å². The molecule has 1 aliphatic rings. The van der Waals surface area contributed by atoms with Crippen molar-refractivity contribution >= 4 is 39.8 Å². The molecule has 6 heteroatoms. The van der Waals surface area contributed by atoms with Crippen LogP contribution < -0.4 is 4.90 Å². The number of hydrogen-bond acceptors (Lipinski definition) is 5. The average Bonchev–Trinajstić information content (AvgIpc) is 3.00. The topological polar surface area (TPSA) is 19.4 Å². The van der Waals surface area contributed by atoms with Crippen molar-refractivity contribution in [2.75, 3.05) is 43.4 Å². The Kier molecular flexibility index (Phi) is 6.63. The van der Waals surface area contributed by atoms with Crippen LogP contribution in [0, 0.1) is 0 Å². The number of thiazole rings is 1. The minimum absolute atomic E-state index is 0.867. The first-order valence-electron chi connectivity index (χ1n) is 8.07. The van der Waals surface area contributed by atoms with Gasteiger partial charge in [0.1, 0.15) is 0 Å². The quantitative estimate of drug-likeness (QED) is 0.553. The molecule has 0 bridgehead atoms. The lowest BCUT2D eigenvalue weighted by Crippen LogP contribution is -2.31. The van der Waals surface area contributed by atoms with Crippen molar-refractivity contribution in [1.29, 1.82) is 0 Å². The smallest absolute Gasteiger partial charge is 0.185 e. The molecule has 1 fully saturated rings. The molecule has 1 aromatic heterocycles. The number of hydrogen-bond donors (Lipinski definition) is 0. The Morgan fingerprint density at radius 1 is 1.17 bits per heavy atom. The van der Waals surface area contributed by atoms with Gasteiger partial charge in [-0.1, -0.05) is 23.7 Å². The van der Waals surface area contributed by atoms with Gasteiger partial charge >= 0.3 is 0 Å². The van der Waals surface area contributed by atoms with Crippen LogP contribution in [0.15, 0.2) is 40.7 Å². The van der Waals surface area contributed by atoms with E-state index in [1.165, 1.54) is 36.0 Å². The molecule has 1 saturated heterocycles. The third kappa shape index (κ3) is 5.11. The summed E-state index contributed by atoms with van der Waals surface area (Å²) in [7, 11) is 0. The fourth-order valence-electron chi connectivity index (χ4n) is 2.79. The van der Waals surface area contributed by atoms with Crippen molar-refractivity contribution in [3.05, 3.63) is 40.9 Å². The monoisotopic (exact) mass is 367 g/mol. The lowest BCUT2D eigenvalue weighted by Gasteiger charge is -2.21. The van der Waals surface area contributed by atoms with E-state index in [4.69, 9.17) is 11.6 Å². The van der Waals surface area contributed by atoms with E-state index in [2.05, 4.69) is 32.3 Å². The first-order chi connectivity index (χ1) is 11.3. The molecule has 1 aliphatic heterocycles.